The summed E-state index contributed by atoms with van der Waals surface area (Å²) < 4.78 is 5.12. The van der Waals surface area contributed by atoms with Crippen molar-refractivity contribution in [2.75, 3.05) is 13.2 Å². The smallest absolute Gasteiger partial charge is 0.410 e. The Hall–Kier alpha value is -2.11. The van der Waals surface area contributed by atoms with E-state index < -0.39 is 12.1 Å². The molecule has 1 amide bonds. The third kappa shape index (κ3) is 3.96. The molecule has 1 fully saturated rings. The van der Waals surface area contributed by atoms with E-state index in [1.165, 1.54) is 0 Å². The molecule has 0 bridgehead atoms. The highest BCUT2D eigenvalue weighted by Gasteiger charge is 2.41. The minimum Gasteiger partial charge on any atom is -0.447 e. The number of rotatable bonds is 7. The van der Waals surface area contributed by atoms with Crippen LogP contribution in [0.25, 0.3) is 0 Å². The van der Waals surface area contributed by atoms with E-state index in [1.807, 2.05) is 44.2 Å². The first kappa shape index (κ1) is 16.3. The van der Waals surface area contributed by atoms with E-state index in [0.29, 0.717) is 19.4 Å². The first-order valence-corrected chi connectivity index (χ1v) is 7.60. The molecule has 0 saturated carbocycles. The number of hydrogen-bond acceptors (Lipinski definition) is 4. The summed E-state index contributed by atoms with van der Waals surface area (Å²) in [6, 6.07) is 9.28. The van der Waals surface area contributed by atoms with Crippen LogP contribution in [0.5, 0.6) is 0 Å². The maximum atomic E-state index is 12.0. The Balaban J connectivity index is 2.10. The number of benzene rings is 1. The number of carbonyl (C=O) groups is 1. The van der Waals surface area contributed by atoms with Crippen molar-refractivity contribution in [3.8, 4) is 0 Å². The lowest BCUT2D eigenvalue weighted by Crippen LogP contribution is -2.47. The Kier molecular flexibility index (Phi) is 5.35. The van der Waals surface area contributed by atoms with Crippen molar-refractivity contribution in [3.63, 3.8) is 0 Å². The van der Waals surface area contributed by atoms with Crippen LogP contribution < -0.4 is 0 Å². The molecule has 22 heavy (non-hydrogen) atoms. The molecule has 1 aliphatic rings. The Bertz CT molecular complexity index is 518. The predicted octanol–water partition coefficient (Wildman–Crippen LogP) is 2.74. The van der Waals surface area contributed by atoms with Crippen LogP contribution in [0, 0.1) is 16.0 Å². The normalized spacial score (nSPS) is 19.3. The summed E-state index contributed by atoms with van der Waals surface area (Å²) in [4.78, 5) is 24.2. The van der Waals surface area contributed by atoms with E-state index in [0.717, 1.165) is 5.56 Å². The number of aryl methyl sites for hydroxylation is 1. The van der Waals surface area contributed by atoms with Crippen LogP contribution in [0.1, 0.15) is 25.8 Å². The molecule has 1 aliphatic heterocycles. The number of hydrogen-bond donors (Lipinski definition) is 0. The van der Waals surface area contributed by atoms with Crippen molar-refractivity contribution in [3.05, 3.63) is 46.0 Å². The van der Waals surface area contributed by atoms with Crippen LogP contribution in [-0.4, -0.2) is 41.2 Å². The van der Waals surface area contributed by atoms with Gasteiger partial charge in [-0.15, -0.1) is 0 Å². The molecule has 2 rings (SSSR count). The second-order valence-corrected chi connectivity index (χ2v) is 5.99. The number of nitrogens with zero attached hydrogens (tertiary/aromatic N) is 2. The van der Waals surface area contributed by atoms with E-state index in [9.17, 15) is 14.9 Å². The summed E-state index contributed by atoms with van der Waals surface area (Å²) >= 11 is 0. The highest BCUT2D eigenvalue weighted by molar-refractivity contribution is 5.70. The van der Waals surface area contributed by atoms with Crippen molar-refractivity contribution in [2.45, 2.75) is 38.8 Å². The minimum atomic E-state index is -0.433. The van der Waals surface area contributed by atoms with E-state index >= 15 is 0 Å². The van der Waals surface area contributed by atoms with E-state index in [1.54, 1.807) is 4.90 Å². The van der Waals surface area contributed by atoms with Gasteiger partial charge in [0, 0.05) is 4.92 Å². The van der Waals surface area contributed by atoms with Crippen molar-refractivity contribution < 1.29 is 14.5 Å². The average Bonchev–Trinajstić information content (AvgIpc) is 2.86. The number of ether oxygens (including phenoxy) is 1. The molecule has 1 saturated heterocycles. The Labute approximate surface area is 130 Å². The van der Waals surface area contributed by atoms with Gasteiger partial charge in [-0.3, -0.25) is 15.0 Å². The molecule has 0 unspecified atom stereocenters. The van der Waals surface area contributed by atoms with Gasteiger partial charge in [-0.1, -0.05) is 44.2 Å². The van der Waals surface area contributed by atoms with Crippen molar-refractivity contribution in [1.29, 1.82) is 0 Å². The molecule has 1 aromatic carbocycles. The largest absolute Gasteiger partial charge is 0.447 e. The summed E-state index contributed by atoms with van der Waals surface area (Å²) in [5, 5.41) is 11.0. The fraction of sp³-hybridized carbons (Fsp3) is 0.562. The summed E-state index contributed by atoms with van der Waals surface area (Å²) in [6.07, 6.45) is 0.829. The van der Waals surface area contributed by atoms with E-state index in [2.05, 4.69) is 0 Å². The van der Waals surface area contributed by atoms with E-state index in [4.69, 9.17) is 4.74 Å². The fourth-order valence-corrected chi connectivity index (χ4v) is 2.85. The molecule has 0 spiro atoms. The lowest BCUT2D eigenvalue weighted by atomic mass is 9.99. The quantitative estimate of drug-likeness (QED) is 0.573. The summed E-state index contributed by atoms with van der Waals surface area (Å²) in [5.41, 5.74) is 1.12. The van der Waals surface area contributed by atoms with Gasteiger partial charge in [0.2, 0.25) is 6.54 Å². The van der Waals surface area contributed by atoms with Gasteiger partial charge in [0.25, 0.3) is 0 Å². The van der Waals surface area contributed by atoms with Crippen LogP contribution in [0.4, 0.5) is 4.79 Å². The third-order valence-electron chi connectivity index (χ3n) is 4.08. The molecule has 0 N–H and O–H groups in total. The zero-order chi connectivity index (χ0) is 16.1. The SMILES string of the molecule is CC(C)[C@H]1COC(=O)N1[C@@H](CCc1ccccc1)C[N+](=O)[O-]. The molecule has 2 atom stereocenters. The minimum absolute atomic E-state index is 0.0896. The van der Waals surface area contributed by atoms with Gasteiger partial charge < -0.3 is 4.74 Å². The number of nitro groups is 1. The third-order valence-corrected chi connectivity index (χ3v) is 4.08. The molecule has 0 aromatic heterocycles. The van der Waals surface area contributed by atoms with Gasteiger partial charge in [-0.05, 0) is 24.3 Å². The Morgan fingerprint density at radius 2 is 2.05 bits per heavy atom. The standard InChI is InChI=1S/C16H22N2O4/c1-12(2)15-11-22-16(19)18(15)14(10-17(20)21)9-8-13-6-4-3-5-7-13/h3-7,12,14-15H,8-11H2,1-2H3/t14-,15+/m0/s1. The monoisotopic (exact) mass is 306 g/mol. The van der Waals surface area contributed by atoms with Gasteiger partial charge >= 0.3 is 6.09 Å². The summed E-state index contributed by atoms with van der Waals surface area (Å²) in [5.74, 6) is 0.206. The Morgan fingerprint density at radius 1 is 1.36 bits per heavy atom. The topological polar surface area (TPSA) is 72.7 Å². The lowest BCUT2D eigenvalue weighted by molar-refractivity contribution is -0.486. The van der Waals surface area contributed by atoms with Crippen LogP contribution in [0.3, 0.4) is 0 Å². The second kappa shape index (κ2) is 7.24. The van der Waals surface area contributed by atoms with Gasteiger partial charge in [0.1, 0.15) is 12.6 Å². The average molecular weight is 306 g/mol. The predicted molar refractivity (Wildman–Crippen MR) is 82.2 cm³/mol. The fourth-order valence-electron chi connectivity index (χ4n) is 2.85. The summed E-state index contributed by atoms with van der Waals surface area (Å²) in [7, 11) is 0. The molecule has 6 nitrogen and oxygen atoms in total. The zero-order valence-electron chi connectivity index (χ0n) is 13.0. The molecule has 6 heteroatoms. The molecular weight excluding hydrogens is 284 g/mol. The van der Waals surface area contributed by atoms with Crippen LogP contribution in [-0.2, 0) is 11.2 Å². The second-order valence-electron chi connectivity index (χ2n) is 5.99. The highest BCUT2D eigenvalue weighted by atomic mass is 16.6. The number of carbonyl (C=O) groups excluding carboxylic acids is 1. The van der Waals surface area contributed by atoms with Crippen molar-refractivity contribution >= 4 is 6.09 Å². The van der Waals surface area contributed by atoms with Crippen LogP contribution in [0.15, 0.2) is 30.3 Å². The van der Waals surface area contributed by atoms with Crippen molar-refractivity contribution in [1.82, 2.24) is 4.90 Å². The highest BCUT2D eigenvalue weighted by Crippen LogP contribution is 2.24. The molecule has 0 radical (unpaired) electrons. The maximum absolute atomic E-state index is 12.0. The van der Waals surface area contributed by atoms with E-state index in [-0.39, 0.29) is 23.4 Å². The molecule has 0 aliphatic carbocycles. The van der Waals surface area contributed by atoms with Gasteiger partial charge in [0.05, 0.1) is 6.04 Å². The lowest BCUT2D eigenvalue weighted by Gasteiger charge is -2.30. The number of amides is 1. The number of cyclic esters (lactones) is 1. The first-order valence-electron chi connectivity index (χ1n) is 7.60. The van der Waals surface area contributed by atoms with Crippen LogP contribution >= 0.6 is 0 Å². The zero-order valence-corrected chi connectivity index (χ0v) is 13.0. The molecular formula is C16H22N2O4. The molecule has 1 heterocycles. The van der Waals surface area contributed by atoms with Crippen LogP contribution in [0.2, 0.25) is 0 Å². The Morgan fingerprint density at radius 3 is 2.64 bits per heavy atom. The van der Waals surface area contributed by atoms with Gasteiger partial charge in [-0.25, -0.2) is 4.79 Å². The van der Waals surface area contributed by atoms with Gasteiger partial charge in [0.15, 0.2) is 0 Å². The first-order chi connectivity index (χ1) is 10.5. The van der Waals surface area contributed by atoms with Crippen molar-refractivity contribution in [2.24, 2.45) is 5.92 Å². The molecule has 1 aromatic rings. The summed E-state index contributed by atoms with van der Waals surface area (Å²) in [6.45, 7) is 4.07. The van der Waals surface area contributed by atoms with Gasteiger partial charge in [-0.2, -0.15) is 0 Å². The molecule has 120 valence electrons. The maximum Gasteiger partial charge on any atom is 0.410 e.